The molecule has 0 saturated carbocycles. The number of nitrogens with zero attached hydrogens (tertiary/aromatic N) is 1. The Morgan fingerprint density at radius 2 is 1.72 bits per heavy atom. The number of rotatable bonds is 5. The summed E-state index contributed by atoms with van der Waals surface area (Å²) in [5.41, 5.74) is 6.31. The zero-order valence-electron chi connectivity index (χ0n) is 16.5. The summed E-state index contributed by atoms with van der Waals surface area (Å²) in [6, 6.07) is 22.7. The van der Waals surface area contributed by atoms with Crippen molar-refractivity contribution in [2.75, 3.05) is 19.0 Å². The van der Waals surface area contributed by atoms with E-state index in [-0.39, 0.29) is 0 Å². The summed E-state index contributed by atoms with van der Waals surface area (Å²) in [5, 5.41) is 8.23. The van der Waals surface area contributed by atoms with Crippen LogP contribution in [0.4, 0.5) is 16.2 Å². The minimum atomic E-state index is -0.407. The maximum atomic E-state index is 11.1. The first-order chi connectivity index (χ1) is 14.1. The van der Waals surface area contributed by atoms with Crippen LogP contribution in [0.1, 0.15) is 11.1 Å². The Kier molecular flexibility index (Phi) is 5.29. The first-order valence-electron chi connectivity index (χ1n) is 9.63. The SMILES string of the molecule is CNC(=O)OCCc1ccc(Nc2c3ccccc3nc3ccc(C)cc23)cc1. The molecule has 4 rings (SSSR count). The second-order valence-corrected chi connectivity index (χ2v) is 6.98. The molecule has 1 heterocycles. The number of pyridine rings is 1. The topological polar surface area (TPSA) is 63.2 Å². The van der Waals surface area contributed by atoms with E-state index >= 15 is 0 Å². The second kappa shape index (κ2) is 8.19. The molecule has 5 heteroatoms. The molecule has 1 amide bonds. The average molecular weight is 385 g/mol. The molecule has 0 fully saturated rings. The Morgan fingerprint density at radius 3 is 2.52 bits per heavy atom. The minimum absolute atomic E-state index is 0.353. The van der Waals surface area contributed by atoms with Crippen molar-refractivity contribution in [2.24, 2.45) is 0 Å². The van der Waals surface area contributed by atoms with Crippen LogP contribution in [-0.2, 0) is 11.2 Å². The lowest BCUT2D eigenvalue weighted by atomic mass is 10.1. The standard InChI is InChI=1S/C24H23N3O2/c1-16-7-12-22-20(15-16)23(19-5-3-4-6-21(19)27-22)26-18-10-8-17(9-11-18)13-14-29-24(28)25-2/h3-12,15H,13-14H2,1-2H3,(H,25,28)(H,26,27). The van der Waals surface area contributed by atoms with Crippen LogP contribution in [0.3, 0.4) is 0 Å². The van der Waals surface area contributed by atoms with Crippen molar-refractivity contribution < 1.29 is 9.53 Å². The van der Waals surface area contributed by atoms with E-state index in [0.29, 0.717) is 13.0 Å². The molecule has 0 aliphatic rings. The van der Waals surface area contributed by atoms with Gasteiger partial charge in [0.05, 0.1) is 23.3 Å². The van der Waals surface area contributed by atoms with Crippen LogP contribution in [0.2, 0.25) is 0 Å². The van der Waals surface area contributed by atoms with E-state index in [1.165, 1.54) is 5.56 Å². The summed E-state index contributed by atoms with van der Waals surface area (Å²) in [7, 11) is 1.55. The number of aryl methyl sites for hydroxylation is 1. The normalized spacial score (nSPS) is 10.8. The summed E-state index contributed by atoms with van der Waals surface area (Å²) in [6.07, 6.45) is 0.267. The molecule has 2 N–H and O–H groups in total. The van der Waals surface area contributed by atoms with Crippen LogP contribution >= 0.6 is 0 Å². The molecule has 0 bridgehead atoms. The Bertz CT molecular complexity index is 1170. The Balaban J connectivity index is 1.63. The number of anilines is 2. The number of hydrogen-bond acceptors (Lipinski definition) is 4. The number of hydrogen-bond donors (Lipinski definition) is 2. The van der Waals surface area contributed by atoms with Crippen molar-refractivity contribution in [3.8, 4) is 0 Å². The predicted molar refractivity (Wildman–Crippen MR) is 118 cm³/mol. The number of nitrogens with one attached hydrogen (secondary N) is 2. The molecule has 0 atom stereocenters. The number of benzene rings is 3. The van der Waals surface area contributed by atoms with E-state index in [0.717, 1.165) is 38.7 Å². The molecule has 0 aliphatic heterocycles. The van der Waals surface area contributed by atoms with E-state index in [1.54, 1.807) is 7.05 Å². The number of para-hydroxylation sites is 1. The monoisotopic (exact) mass is 385 g/mol. The lowest BCUT2D eigenvalue weighted by Gasteiger charge is -2.14. The molecular weight excluding hydrogens is 362 g/mol. The summed E-state index contributed by atoms with van der Waals surface area (Å²) < 4.78 is 5.06. The molecule has 4 aromatic rings. The largest absolute Gasteiger partial charge is 0.449 e. The number of alkyl carbamates (subject to hydrolysis) is 1. The summed E-state index contributed by atoms with van der Waals surface area (Å²) in [4.78, 5) is 16.0. The summed E-state index contributed by atoms with van der Waals surface area (Å²) in [6.45, 7) is 2.44. The van der Waals surface area contributed by atoms with Crippen molar-refractivity contribution in [3.05, 3.63) is 77.9 Å². The fourth-order valence-corrected chi connectivity index (χ4v) is 3.37. The van der Waals surface area contributed by atoms with Gasteiger partial charge >= 0.3 is 6.09 Å². The molecule has 3 aromatic carbocycles. The molecule has 0 saturated heterocycles. The highest BCUT2D eigenvalue weighted by molar-refractivity contribution is 6.08. The quantitative estimate of drug-likeness (QED) is 0.455. The van der Waals surface area contributed by atoms with Gasteiger partial charge < -0.3 is 15.4 Å². The first kappa shape index (κ1) is 18.7. The van der Waals surface area contributed by atoms with Crippen LogP contribution in [0.5, 0.6) is 0 Å². The van der Waals surface area contributed by atoms with E-state index in [2.05, 4.69) is 41.8 Å². The summed E-state index contributed by atoms with van der Waals surface area (Å²) >= 11 is 0. The number of carbonyl (C=O) groups excluding carboxylic acids is 1. The van der Waals surface area contributed by atoms with Crippen molar-refractivity contribution in [1.29, 1.82) is 0 Å². The van der Waals surface area contributed by atoms with Gasteiger partial charge in [0.25, 0.3) is 0 Å². The number of ether oxygens (including phenoxy) is 1. The molecule has 1 aromatic heterocycles. The summed E-state index contributed by atoms with van der Waals surface area (Å²) in [5.74, 6) is 0. The molecule has 0 aliphatic carbocycles. The molecular formula is C24H23N3O2. The van der Waals surface area contributed by atoms with Crippen molar-refractivity contribution in [2.45, 2.75) is 13.3 Å². The average Bonchev–Trinajstić information content (AvgIpc) is 2.75. The Labute approximate surface area is 169 Å². The number of aromatic nitrogens is 1. The number of amides is 1. The maximum absolute atomic E-state index is 11.1. The van der Waals surface area contributed by atoms with Gasteiger partial charge in [-0.1, -0.05) is 42.0 Å². The van der Waals surface area contributed by atoms with Crippen LogP contribution < -0.4 is 10.6 Å². The second-order valence-electron chi connectivity index (χ2n) is 6.98. The van der Waals surface area contributed by atoms with E-state index in [1.807, 2.05) is 42.5 Å². The van der Waals surface area contributed by atoms with Crippen molar-refractivity contribution >= 4 is 39.3 Å². The van der Waals surface area contributed by atoms with Crippen LogP contribution in [0, 0.1) is 6.92 Å². The van der Waals surface area contributed by atoms with Gasteiger partial charge in [-0.15, -0.1) is 0 Å². The van der Waals surface area contributed by atoms with Crippen LogP contribution in [0.15, 0.2) is 66.7 Å². The van der Waals surface area contributed by atoms with Crippen LogP contribution in [0.25, 0.3) is 21.8 Å². The number of fused-ring (bicyclic) bond motifs is 2. The molecule has 0 spiro atoms. The zero-order valence-corrected chi connectivity index (χ0v) is 16.5. The fraction of sp³-hybridized carbons (Fsp3) is 0.167. The Morgan fingerprint density at radius 1 is 0.966 bits per heavy atom. The predicted octanol–water partition coefficient (Wildman–Crippen LogP) is 5.34. The molecule has 29 heavy (non-hydrogen) atoms. The highest BCUT2D eigenvalue weighted by Crippen LogP contribution is 2.33. The van der Waals surface area contributed by atoms with Gasteiger partial charge in [0.15, 0.2) is 0 Å². The minimum Gasteiger partial charge on any atom is -0.449 e. The highest BCUT2D eigenvalue weighted by atomic mass is 16.5. The van der Waals surface area contributed by atoms with Crippen molar-refractivity contribution in [1.82, 2.24) is 10.3 Å². The maximum Gasteiger partial charge on any atom is 0.406 e. The van der Waals surface area contributed by atoms with Gasteiger partial charge in [0, 0.05) is 29.9 Å². The molecule has 0 radical (unpaired) electrons. The van der Waals surface area contributed by atoms with Gasteiger partial charge in [-0.3, -0.25) is 0 Å². The molecule has 5 nitrogen and oxygen atoms in total. The fourth-order valence-electron chi connectivity index (χ4n) is 3.37. The van der Waals surface area contributed by atoms with Gasteiger partial charge in [-0.05, 0) is 42.8 Å². The van der Waals surface area contributed by atoms with E-state index in [9.17, 15) is 4.79 Å². The van der Waals surface area contributed by atoms with Crippen LogP contribution in [-0.4, -0.2) is 24.7 Å². The lowest BCUT2D eigenvalue weighted by Crippen LogP contribution is -2.20. The van der Waals surface area contributed by atoms with Gasteiger partial charge in [0.2, 0.25) is 0 Å². The third-order valence-electron chi connectivity index (χ3n) is 4.89. The first-order valence-corrected chi connectivity index (χ1v) is 9.63. The van der Waals surface area contributed by atoms with Gasteiger partial charge in [0.1, 0.15) is 0 Å². The van der Waals surface area contributed by atoms with Gasteiger partial charge in [-0.25, -0.2) is 9.78 Å². The highest BCUT2D eigenvalue weighted by Gasteiger charge is 2.10. The Hall–Kier alpha value is -3.60. The van der Waals surface area contributed by atoms with E-state index < -0.39 is 6.09 Å². The van der Waals surface area contributed by atoms with Crippen molar-refractivity contribution in [3.63, 3.8) is 0 Å². The number of carbonyl (C=O) groups is 1. The smallest absolute Gasteiger partial charge is 0.406 e. The third kappa shape index (κ3) is 4.14. The lowest BCUT2D eigenvalue weighted by molar-refractivity contribution is 0.150. The van der Waals surface area contributed by atoms with Gasteiger partial charge in [-0.2, -0.15) is 0 Å². The molecule has 146 valence electrons. The van der Waals surface area contributed by atoms with E-state index in [4.69, 9.17) is 9.72 Å². The molecule has 0 unspecified atom stereocenters. The third-order valence-corrected chi connectivity index (χ3v) is 4.89. The zero-order chi connectivity index (χ0) is 20.2.